The van der Waals surface area contributed by atoms with Crippen LogP contribution in [-0.4, -0.2) is 77.4 Å². The van der Waals surface area contributed by atoms with Gasteiger partial charge in [-0.05, 0) is 53.6 Å². The number of aromatic nitrogens is 4. The second kappa shape index (κ2) is 10.2. The lowest BCUT2D eigenvalue weighted by molar-refractivity contribution is 0.316. The highest BCUT2D eigenvalue weighted by molar-refractivity contribution is 9.10. The van der Waals surface area contributed by atoms with E-state index in [0.29, 0.717) is 5.65 Å². The van der Waals surface area contributed by atoms with Gasteiger partial charge in [0.05, 0.1) is 5.39 Å². The zero-order valence-electron chi connectivity index (χ0n) is 18.8. The third-order valence-electron chi connectivity index (χ3n) is 6.19. The summed E-state index contributed by atoms with van der Waals surface area (Å²) < 4.78 is 0.816. The Hall–Kier alpha value is -2.10. The fraction of sp³-hybridized carbons (Fsp3) is 0.500. The van der Waals surface area contributed by atoms with Crippen LogP contribution in [0.4, 0.5) is 17.2 Å². The third kappa shape index (κ3) is 4.79. The summed E-state index contributed by atoms with van der Waals surface area (Å²) in [6.07, 6.45) is 1.58. The summed E-state index contributed by atoms with van der Waals surface area (Å²) in [6, 6.07) is 4.12. The zero-order chi connectivity index (χ0) is 22.7. The first-order valence-corrected chi connectivity index (χ1v) is 12.3. The Balaban J connectivity index is 1.46. The summed E-state index contributed by atoms with van der Waals surface area (Å²) in [5.41, 5.74) is 4.22. The molecule has 1 saturated heterocycles. The lowest BCUT2D eigenvalue weighted by atomic mass is 10.1. The molecule has 0 atom stereocenters. The summed E-state index contributed by atoms with van der Waals surface area (Å²) in [6.45, 7) is 14.1. The molecule has 4 rings (SSSR count). The van der Waals surface area contributed by atoms with Gasteiger partial charge in [0.1, 0.15) is 16.7 Å². The second-order valence-electron chi connectivity index (χ2n) is 7.96. The van der Waals surface area contributed by atoms with Crippen LogP contribution in [0.1, 0.15) is 19.4 Å². The molecule has 0 radical (unpaired) electrons. The minimum atomic E-state index is 0.676. The number of nitrogens with zero attached hydrogens (tertiary/aromatic N) is 6. The maximum atomic E-state index is 6.51. The zero-order valence-corrected chi connectivity index (χ0v) is 21.2. The van der Waals surface area contributed by atoms with Crippen LogP contribution in [0.2, 0.25) is 5.02 Å². The number of fused-ring (bicyclic) bond motifs is 1. The number of aromatic amines is 1. The fourth-order valence-electron chi connectivity index (χ4n) is 4.27. The first-order valence-electron chi connectivity index (χ1n) is 11.1. The molecule has 10 heteroatoms. The number of nitrogens with one attached hydrogen (secondary N) is 2. The van der Waals surface area contributed by atoms with Gasteiger partial charge in [-0.15, -0.1) is 0 Å². The number of hydrogen-bond donors (Lipinski definition) is 2. The number of benzene rings is 1. The van der Waals surface area contributed by atoms with Crippen molar-refractivity contribution in [3.8, 4) is 0 Å². The molecular formula is C22H30BrClN8. The first-order chi connectivity index (χ1) is 15.5. The van der Waals surface area contributed by atoms with Crippen molar-refractivity contribution < 1.29 is 0 Å². The predicted octanol–water partition coefficient (Wildman–Crippen LogP) is 4.16. The largest absolute Gasteiger partial charge is 0.383 e. The minimum Gasteiger partial charge on any atom is -0.383 e. The van der Waals surface area contributed by atoms with E-state index in [1.165, 1.54) is 11.3 Å². The van der Waals surface area contributed by atoms with E-state index in [2.05, 4.69) is 82.9 Å². The summed E-state index contributed by atoms with van der Waals surface area (Å²) in [7, 11) is 0. The van der Waals surface area contributed by atoms with E-state index in [1.54, 1.807) is 6.33 Å². The molecule has 1 fully saturated rings. The van der Waals surface area contributed by atoms with Gasteiger partial charge in [0.25, 0.3) is 0 Å². The van der Waals surface area contributed by atoms with Crippen LogP contribution in [0, 0.1) is 6.92 Å². The Labute approximate surface area is 202 Å². The Bertz CT molecular complexity index is 1060. The monoisotopic (exact) mass is 520 g/mol. The van der Waals surface area contributed by atoms with E-state index in [9.17, 15) is 0 Å². The van der Waals surface area contributed by atoms with Gasteiger partial charge in [-0.2, -0.15) is 5.10 Å². The SMILES string of the molecule is CCN(CC)CCNc1cc(Cl)cc(N2CCN(c3ncnc4n[nH]c(Br)c34)CC2)c1C. The van der Waals surface area contributed by atoms with Gasteiger partial charge in [0, 0.05) is 55.7 Å². The fourth-order valence-corrected chi connectivity index (χ4v) is 4.93. The lowest BCUT2D eigenvalue weighted by Gasteiger charge is -2.38. The molecule has 0 unspecified atom stereocenters. The van der Waals surface area contributed by atoms with Gasteiger partial charge in [-0.1, -0.05) is 25.4 Å². The highest BCUT2D eigenvalue weighted by atomic mass is 79.9. The molecule has 0 amide bonds. The summed E-state index contributed by atoms with van der Waals surface area (Å²) >= 11 is 10.0. The van der Waals surface area contributed by atoms with Gasteiger partial charge in [0.2, 0.25) is 0 Å². The summed E-state index contributed by atoms with van der Waals surface area (Å²) in [4.78, 5) is 15.9. The number of anilines is 3. The number of hydrogen-bond acceptors (Lipinski definition) is 7. The number of likely N-dealkylation sites (N-methyl/N-ethyl adjacent to an activating group) is 1. The molecule has 0 saturated carbocycles. The average molecular weight is 522 g/mol. The third-order valence-corrected chi connectivity index (χ3v) is 6.98. The number of halogens is 2. The molecule has 1 aliphatic heterocycles. The van der Waals surface area contributed by atoms with Crippen molar-refractivity contribution in [1.82, 2.24) is 25.1 Å². The summed E-state index contributed by atoms with van der Waals surface area (Å²) in [5.74, 6) is 0.914. The molecule has 0 aliphatic carbocycles. The van der Waals surface area contributed by atoms with Crippen LogP contribution >= 0.6 is 27.5 Å². The van der Waals surface area contributed by atoms with Crippen molar-refractivity contribution >= 4 is 55.8 Å². The van der Waals surface area contributed by atoms with Crippen molar-refractivity contribution in [2.24, 2.45) is 0 Å². The van der Waals surface area contributed by atoms with Crippen LogP contribution < -0.4 is 15.1 Å². The van der Waals surface area contributed by atoms with Crippen molar-refractivity contribution in [3.63, 3.8) is 0 Å². The molecule has 3 heterocycles. The molecule has 1 aliphatic rings. The van der Waals surface area contributed by atoms with E-state index >= 15 is 0 Å². The van der Waals surface area contributed by atoms with Crippen molar-refractivity contribution in [2.75, 3.05) is 67.5 Å². The van der Waals surface area contributed by atoms with Crippen molar-refractivity contribution in [2.45, 2.75) is 20.8 Å². The number of H-pyrrole nitrogens is 1. The molecule has 32 heavy (non-hydrogen) atoms. The molecular weight excluding hydrogens is 492 g/mol. The van der Waals surface area contributed by atoms with Gasteiger partial charge >= 0.3 is 0 Å². The predicted molar refractivity (Wildman–Crippen MR) is 136 cm³/mol. The average Bonchev–Trinajstić information content (AvgIpc) is 3.20. The van der Waals surface area contributed by atoms with Gasteiger partial charge < -0.3 is 20.0 Å². The van der Waals surface area contributed by atoms with Crippen LogP contribution in [0.3, 0.4) is 0 Å². The van der Waals surface area contributed by atoms with E-state index in [4.69, 9.17) is 11.6 Å². The van der Waals surface area contributed by atoms with E-state index < -0.39 is 0 Å². The topological polar surface area (TPSA) is 76.2 Å². The van der Waals surface area contributed by atoms with E-state index in [1.807, 2.05) is 6.07 Å². The number of piperazine rings is 1. The van der Waals surface area contributed by atoms with Gasteiger partial charge in [-0.3, -0.25) is 5.10 Å². The molecule has 0 spiro atoms. The highest BCUT2D eigenvalue weighted by Crippen LogP contribution is 2.33. The maximum Gasteiger partial charge on any atom is 0.187 e. The van der Waals surface area contributed by atoms with Crippen molar-refractivity contribution in [1.29, 1.82) is 0 Å². The van der Waals surface area contributed by atoms with Crippen LogP contribution in [0.15, 0.2) is 23.1 Å². The van der Waals surface area contributed by atoms with Crippen LogP contribution in [0.25, 0.3) is 11.0 Å². The number of rotatable bonds is 8. The molecule has 2 N–H and O–H groups in total. The quantitative estimate of drug-likeness (QED) is 0.461. The van der Waals surface area contributed by atoms with Crippen LogP contribution in [-0.2, 0) is 0 Å². The van der Waals surface area contributed by atoms with Gasteiger partial charge in [0.15, 0.2) is 5.65 Å². The molecule has 1 aromatic carbocycles. The molecule has 172 valence electrons. The first kappa shape index (κ1) is 23.1. The molecule has 0 bridgehead atoms. The highest BCUT2D eigenvalue weighted by Gasteiger charge is 2.23. The molecule has 8 nitrogen and oxygen atoms in total. The molecule has 3 aromatic rings. The second-order valence-corrected chi connectivity index (χ2v) is 9.19. The van der Waals surface area contributed by atoms with Crippen molar-refractivity contribution in [3.05, 3.63) is 33.6 Å². The minimum absolute atomic E-state index is 0.676. The lowest BCUT2D eigenvalue weighted by Crippen LogP contribution is -2.47. The van der Waals surface area contributed by atoms with Gasteiger partial charge in [-0.25, -0.2) is 9.97 Å². The van der Waals surface area contributed by atoms with Crippen LogP contribution in [0.5, 0.6) is 0 Å². The Morgan fingerprint density at radius 1 is 1.12 bits per heavy atom. The standard InChI is InChI=1S/C22H30BrClN8/c1-4-30(5-2)7-6-25-17-12-16(24)13-18(15(17)3)31-8-10-32(11-9-31)22-19-20(23)28-29-21(19)26-14-27-22/h12-14,25H,4-11H2,1-3H3,(H,26,27,28,29). The Morgan fingerprint density at radius 3 is 2.56 bits per heavy atom. The smallest absolute Gasteiger partial charge is 0.187 e. The van der Waals surface area contributed by atoms with E-state index in [-0.39, 0.29) is 0 Å². The Kier molecular flexibility index (Phi) is 7.37. The van der Waals surface area contributed by atoms with E-state index in [0.717, 1.165) is 78.9 Å². The summed E-state index contributed by atoms with van der Waals surface area (Å²) in [5, 5.41) is 12.5. The Morgan fingerprint density at radius 2 is 1.84 bits per heavy atom. The molecule has 2 aromatic heterocycles. The maximum absolute atomic E-state index is 6.51. The normalized spacial score (nSPS) is 14.6.